The molecule has 0 bridgehead atoms. The first-order valence-electron chi connectivity index (χ1n) is 5.22. The third kappa shape index (κ3) is 3.56. The molecule has 0 aliphatic rings. The average Bonchev–Trinajstić information content (AvgIpc) is 2.81. The number of alkyl halides is 3. The maximum Gasteiger partial charge on any atom is 0.433 e. The first kappa shape index (κ1) is 13.6. The summed E-state index contributed by atoms with van der Waals surface area (Å²) in [6.45, 7) is 2.17. The van der Waals surface area contributed by atoms with Crippen molar-refractivity contribution in [2.24, 2.45) is 0 Å². The van der Waals surface area contributed by atoms with E-state index in [2.05, 4.69) is 30.5 Å². The van der Waals surface area contributed by atoms with Crippen molar-refractivity contribution in [2.45, 2.75) is 23.3 Å². The first-order chi connectivity index (χ1) is 8.99. The molecule has 2 aromatic rings. The normalized spacial score (nSPS) is 11.6. The van der Waals surface area contributed by atoms with Crippen LogP contribution in [0.1, 0.15) is 12.6 Å². The van der Waals surface area contributed by atoms with E-state index >= 15 is 0 Å². The number of hydrogen-bond acceptors (Lipinski definition) is 6. The summed E-state index contributed by atoms with van der Waals surface area (Å²) in [6.07, 6.45) is -3.26. The van der Waals surface area contributed by atoms with Crippen molar-refractivity contribution in [1.29, 1.82) is 0 Å². The summed E-state index contributed by atoms with van der Waals surface area (Å²) in [7, 11) is 0. The van der Waals surface area contributed by atoms with Gasteiger partial charge in [0, 0.05) is 12.6 Å². The Kier molecular flexibility index (Phi) is 3.88. The van der Waals surface area contributed by atoms with Gasteiger partial charge in [0.25, 0.3) is 0 Å². The van der Waals surface area contributed by atoms with Gasteiger partial charge in [-0.1, -0.05) is 0 Å². The lowest BCUT2D eigenvalue weighted by Gasteiger charge is -2.09. The molecule has 0 aliphatic carbocycles. The summed E-state index contributed by atoms with van der Waals surface area (Å²) in [5.74, 6) is -0.0701. The van der Waals surface area contributed by atoms with Gasteiger partial charge in [0.1, 0.15) is 11.4 Å². The highest BCUT2D eigenvalue weighted by Crippen LogP contribution is 2.32. The number of halogens is 3. The van der Waals surface area contributed by atoms with Crippen molar-refractivity contribution in [3.8, 4) is 0 Å². The van der Waals surface area contributed by atoms with E-state index in [-0.39, 0.29) is 11.0 Å². The molecule has 2 heterocycles. The fourth-order valence-corrected chi connectivity index (χ4v) is 1.90. The molecule has 0 unspecified atom stereocenters. The number of nitrogens with zero attached hydrogens (tertiary/aromatic N) is 4. The largest absolute Gasteiger partial charge is 0.433 e. The molecule has 102 valence electrons. The van der Waals surface area contributed by atoms with E-state index in [4.69, 9.17) is 0 Å². The van der Waals surface area contributed by atoms with Crippen LogP contribution in [0, 0.1) is 0 Å². The summed E-state index contributed by atoms with van der Waals surface area (Å²) in [4.78, 5) is 11.2. The Morgan fingerprint density at radius 1 is 1.37 bits per heavy atom. The Labute approximate surface area is 110 Å². The molecular weight excluding hydrogens is 281 g/mol. The average molecular weight is 290 g/mol. The molecule has 0 aliphatic heterocycles. The lowest BCUT2D eigenvalue weighted by atomic mass is 10.4. The van der Waals surface area contributed by atoms with Crippen molar-refractivity contribution in [3.05, 3.63) is 18.1 Å². The summed E-state index contributed by atoms with van der Waals surface area (Å²) >= 11 is 0.944. The van der Waals surface area contributed by atoms with Crippen LogP contribution >= 0.6 is 11.8 Å². The Balaban J connectivity index is 2.34. The second kappa shape index (κ2) is 5.43. The van der Waals surface area contributed by atoms with Gasteiger partial charge in [-0.15, -0.1) is 0 Å². The molecule has 10 heteroatoms. The molecule has 0 amide bonds. The highest BCUT2D eigenvalue weighted by atomic mass is 32.2. The zero-order chi connectivity index (χ0) is 13.9. The second-order valence-electron chi connectivity index (χ2n) is 3.34. The number of rotatable bonds is 4. The Morgan fingerprint density at radius 3 is 2.74 bits per heavy atom. The molecule has 6 nitrogen and oxygen atoms in total. The second-order valence-corrected chi connectivity index (χ2v) is 4.34. The molecule has 0 saturated heterocycles. The van der Waals surface area contributed by atoms with Crippen molar-refractivity contribution in [1.82, 2.24) is 25.1 Å². The lowest BCUT2D eigenvalue weighted by Crippen LogP contribution is -2.12. The maximum absolute atomic E-state index is 12.7. The molecule has 0 fully saturated rings. The number of H-pyrrole nitrogens is 1. The zero-order valence-corrected chi connectivity index (χ0v) is 10.5. The van der Waals surface area contributed by atoms with Crippen LogP contribution in [-0.4, -0.2) is 31.7 Å². The van der Waals surface area contributed by atoms with E-state index < -0.39 is 11.9 Å². The van der Waals surface area contributed by atoms with Crippen molar-refractivity contribution >= 4 is 17.7 Å². The van der Waals surface area contributed by atoms with E-state index in [1.807, 2.05) is 0 Å². The van der Waals surface area contributed by atoms with Crippen LogP contribution in [0.25, 0.3) is 0 Å². The first-order valence-corrected chi connectivity index (χ1v) is 6.04. The summed E-state index contributed by atoms with van der Waals surface area (Å²) in [5.41, 5.74) is -1.000. The fraction of sp³-hybridized carbons (Fsp3) is 0.333. The topological polar surface area (TPSA) is 79.4 Å². The van der Waals surface area contributed by atoms with Crippen molar-refractivity contribution in [2.75, 3.05) is 11.9 Å². The summed E-state index contributed by atoms with van der Waals surface area (Å²) < 4.78 is 38.1. The highest BCUT2D eigenvalue weighted by molar-refractivity contribution is 7.99. The van der Waals surface area contributed by atoms with Gasteiger partial charge in [-0.05, 0) is 18.7 Å². The van der Waals surface area contributed by atoms with E-state index in [0.29, 0.717) is 11.7 Å². The van der Waals surface area contributed by atoms with Gasteiger partial charge < -0.3 is 5.32 Å². The Morgan fingerprint density at radius 2 is 2.16 bits per heavy atom. The molecule has 2 N–H and O–H groups in total. The number of aromatic nitrogens is 5. The van der Waals surface area contributed by atoms with Gasteiger partial charge in [0.15, 0.2) is 10.9 Å². The van der Waals surface area contributed by atoms with Crippen LogP contribution in [0.2, 0.25) is 0 Å². The molecule has 0 saturated carbocycles. The quantitative estimate of drug-likeness (QED) is 0.840. The summed E-state index contributed by atoms with van der Waals surface area (Å²) in [6, 6.07) is 0.869. The van der Waals surface area contributed by atoms with Crippen LogP contribution in [-0.2, 0) is 6.18 Å². The molecule has 2 rings (SSSR count). The van der Waals surface area contributed by atoms with Gasteiger partial charge in [0.2, 0.25) is 5.95 Å². The standard InChI is InChI=1S/C9H9F3N6S/c1-2-13-7-16-5(9(10,11)12)3-6(17-7)19-8-14-4-15-18-8/h3-4H,2H2,1H3,(H,13,16,17)(H,14,15,18). The van der Waals surface area contributed by atoms with Crippen LogP contribution in [0.15, 0.2) is 22.6 Å². The smallest absolute Gasteiger partial charge is 0.354 e. The van der Waals surface area contributed by atoms with Crippen molar-refractivity contribution < 1.29 is 13.2 Å². The molecule has 0 radical (unpaired) electrons. The van der Waals surface area contributed by atoms with Gasteiger partial charge >= 0.3 is 6.18 Å². The van der Waals surface area contributed by atoms with Crippen LogP contribution in [0.4, 0.5) is 19.1 Å². The number of nitrogens with one attached hydrogen (secondary N) is 2. The predicted octanol–water partition coefficient (Wildman–Crippen LogP) is 2.20. The SMILES string of the molecule is CCNc1nc(Sc2ncn[nH]2)cc(C(F)(F)F)n1. The Bertz CT molecular complexity index is 541. The van der Waals surface area contributed by atoms with Gasteiger partial charge in [-0.2, -0.15) is 18.3 Å². The molecular formula is C9H9F3N6S. The lowest BCUT2D eigenvalue weighted by molar-refractivity contribution is -0.141. The van der Waals surface area contributed by atoms with Crippen LogP contribution < -0.4 is 5.32 Å². The molecule has 2 aromatic heterocycles. The molecule has 0 aromatic carbocycles. The number of anilines is 1. The number of aromatic amines is 1. The molecule has 0 atom stereocenters. The summed E-state index contributed by atoms with van der Waals surface area (Å²) in [5, 5.41) is 9.29. The molecule has 0 spiro atoms. The van der Waals surface area contributed by atoms with E-state index in [1.54, 1.807) is 6.92 Å². The van der Waals surface area contributed by atoms with Gasteiger partial charge in [-0.25, -0.2) is 15.0 Å². The van der Waals surface area contributed by atoms with E-state index in [9.17, 15) is 13.2 Å². The minimum Gasteiger partial charge on any atom is -0.354 e. The van der Waals surface area contributed by atoms with E-state index in [0.717, 1.165) is 17.8 Å². The fourth-order valence-electron chi connectivity index (χ4n) is 1.20. The Hall–Kier alpha value is -1.84. The third-order valence-corrected chi connectivity index (χ3v) is 2.73. The minimum absolute atomic E-state index is 0.0701. The van der Waals surface area contributed by atoms with Crippen LogP contribution in [0.5, 0.6) is 0 Å². The van der Waals surface area contributed by atoms with Crippen LogP contribution in [0.3, 0.4) is 0 Å². The van der Waals surface area contributed by atoms with E-state index in [1.165, 1.54) is 6.33 Å². The predicted molar refractivity (Wildman–Crippen MR) is 61.7 cm³/mol. The highest BCUT2D eigenvalue weighted by Gasteiger charge is 2.33. The molecule has 19 heavy (non-hydrogen) atoms. The number of hydrogen-bond donors (Lipinski definition) is 2. The van der Waals surface area contributed by atoms with Gasteiger partial charge in [-0.3, -0.25) is 5.10 Å². The maximum atomic E-state index is 12.7. The van der Waals surface area contributed by atoms with Gasteiger partial charge in [0.05, 0.1) is 0 Å². The minimum atomic E-state index is -4.52. The zero-order valence-electron chi connectivity index (χ0n) is 9.69. The monoisotopic (exact) mass is 290 g/mol. The van der Waals surface area contributed by atoms with Crippen molar-refractivity contribution in [3.63, 3.8) is 0 Å². The third-order valence-electron chi connectivity index (χ3n) is 1.92.